The van der Waals surface area contributed by atoms with Crippen LogP contribution >= 0.6 is 0 Å². The Kier molecular flexibility index (Phi) is 5.46. The van der Waals surface area contributed by atoms with Crippen molar-refractivity contribution in [3.05, 3.63) is 63.3 Å². The number of hydrogen-bond acceptors (Lipinski definition) is 5. The van der Waals surface area contributed by atoms with Crippen molar-refractivity contribution in [2.75, 3.05) is 6.54 Å². The Morgan fingerprint density at radius 1 is 1.29 bits per heavy atom. The molecule has 1 atom stereocenters. The van der Waals surface area contributed by atoms with Crippen LogP contribution in [0, 0.1) is 5.82 Å². The number of hydrogen-bond donors (Lipinski definition) is 3. The SMILES string of the molecule is CCCN1C(=O)c2c(O)c(=O)c(C(=O)NCc3ccc(F)cc3)cn2CC1O. The lowest BCUT2D eigenvalue weighted by Crippen LogP contribution is -2.49. The van der Waals surface area contributed by atoms with Gasteiger partial charge < -0.3 is 25.0 Å². The second-order valence-electron chi connectivity index (χ2n) is 6.51. The highest BCUT2D eigenvalue weighted by Gasteiger charge is 2.34. The van der Waals surface area contributed by atoms with Gasteiger partial charge in [0, 0.05) is 19.3 Å². The first-order valence-electron chi connectivity index (χ1n) is 8.81. The van der Waals surface area contributed by atoms with E-state index in [0.717, 1.165) is 6.20 Å². The van der Waals surface area contributed by atoms with Gasteiger partial charge in [-0.15, -0.1) is 0 Å². The number of benzene rings is 1. The van der Waals surface area contributed by atoms with Gasteiger partial charge in [-0.05, 0) is 24.1 Å². The zero-order valence-electron chi connectivity index (χ0n) is 15.2. The van der Waals surface area contributed by atoms with Crippen molar-refractivity contribution in [2.24, 2.45) is 0 Å². The molecule has 0 aliphatic carbocycles. The van der Waals surface area contributed by atoms with E-state index in [1.54, 1.807) is 0 Å². The van der Waals surface area contributed by atoms with E-state index < -0.39 is 35.0 Å². The fourth-order valence-corrected chi connectivity index (χ4v) is 3.10. The summed E-state index contributed by atoms with van der Waals surface area (Å²) in [5, 5.41) is 22.9. The maximum atomic E-state index is 12.9. The number of nitrogens with zero attached hydrogens (tertiary/aromatic N) is 2. The number of halogens is 1. The van der Waals surface area contributed by atoms with Crippen LogP contribution in [0.4, 0.5) is 4.39 Å². The van der Waals surface area contributed by atoms with Crippen LogP contribution in [0.1, 0.15) is 39.8 Å². The largest absolute Gasteiger partial charge is 0.503 e. The average Bonchev–Trinajstić information content (AvgIpc) is 2.67. The van der Waals surface area contributed by atoms with Crippen molar-refractivity contribution >= 4 is 11.8 Å². The summed E-state index contributed by atoms with van der Waals surface area (Å²) in [5.74, 6) is -2.66. The van der Waals surface area contributed by atoms with Gasteiger partial charge in [-0.3, -0.25) is 14.4 Å². The number of amides is 2. The van der Waals surface area contributed by atoms with E-state index in [4.69, 9.17) is 0 Å². The maximum absolute atomic E-state index is 12.9. The van der Waals surface area contributed by atoms with E-state index in [1.807, 2.05) is 6.92 Å². The minimum atomic E-state index is -1.13. The molecule has 0 bridgehead atoms. The highest BCUT2D eigenvalue weighted by atomic mass is 19.1. The number of carbonyl (C=O) groups excluding carboxylic acids is 2. The van der Waals surface area contributed by atoms with Crippen molar-refractivity contribution in [3.8, 4) is 5.75 Å². The Morgan fingerprint density at radius 3 is 2.61 bits per heavy atom. The van der Waals surface area contributed by atoms with E-state index in [0.29, 0.717) is 12.0 Å². The molecule has 0 spiro atoms. The van der Waals surface area contributed by atoms with Crippen LogP contribution in [0.2, 0.25) is 0 Å². The third kappa shape index (κ3) is 3.61. The number of rotatable bonds is 5. The fourth-order valence-electron chi connectivity index (χ4n) is 3.10. The van der Waals surface area contributed by atoms with Gasteiger partial charge in [0.05, 0.1) is 6.54 Å². The van der Waals surface area contributed by atoms with Crippen molar-refractivity contribution in [1.82, 2.24) is 14.8 Å². The lowest BCUT2D eigenvalue weighted by molar-refractivity contribution is -0.0122. The van der Waals surface area contributed by atoms with Crippen LogP contribution in [0.25, 0.3) is 0 Å². The molecule has 3 N–H and O–H groups in total. The number of nitrogens with one attached hydrogen (secondary N) is 1. The first-order valence-corrected chi connectivity index (χ1v) is 8.81. The Hall–Kier alpha value is -3.20. The monoisotopic (exact) mass is 389 g/mol. The molecule has 2 aromatic rings. The van der Waals surface area contributed by atoms with Crippen LogP contribution in [0.3, 0.4) is 0 Å². The number of fused-ring (bicyclic) bond motifs is 1. The first kappa shape index (κ1) is 19.6. The summed E-state index contributed by atoms with van der Waals surface area (Å²) in [6, 6.07) is 5.47. The Balaban J connectivity index is 1.87. The topological polar surface area (TPSA) is 112 Å². The Bertz CT molecular complexity index is 971. The van der Waals surface area contributed by atoms with Crippen molar-refractivity contribution in [3.63, 3.8) is 0 Å². The molecule has 0 fully saturated rings. The van der Waals surface area contributed by atoms with Gasteiger partial charge in [0.2, 0.25) is 5.43 Å². The smallest absolute Gasteiger partial charge is 0.276 e. The van der Waals surface area contributed by atoms with Crippen molar-refractivity contribution < 1.29 is 24.2 Å². The molecule has 1 aromatic carbocycles. The number of pyridine rings is 1. The normalized spacial score (nSPS) is 16.0. The first-order chi connectivity index (χ1) is 13.3. The lowest BCUT2D eigenvalue weighted by atomic mass is 10.1. The molecular formula is C19H20FN3O5. The summed E-state index contributed by atoms with van der Waals surface area (Å²) in [6.45, 7) is 2.07. The molecule has 3 rings (SSSR count). The summed E-state index contributed by atoms with van der Waals surface area (Å²) in [7, 11) is 0. The van der Waals surface area contributed by atoms with Gasteiger partial charge in [-0.2, -0.15) is 0 Å². The van der Waals surface area contributed by atoms with Crippen LogP contribution in [-0.4, -0.2) is 44.3 Å². The molecular weight excluding hydrogens is 369 g/mol. The van der Waals surface area contributed by atoms with Crippen molar-refractivity contribution in [2.45, 2.75) is 32.7 Å². The minimum absolute atomic E-state index is 0.0485. The van der Waals surface area contributed by atoms with E-state index in [2.05, 4.69) is 5.32 Å². The van der Waals surface area contributed by atoms with Gasteiger partial charge in [0.15, 0.2) is 11.4 Å². The van der Waals surface area contributed by atoms with Gasteiger partial charge in [-0.1, -0.05) is 19.1 Å². The summed E-state index contributed by atoms with van der Waals surface area (Å²) in [5.41, 5.74) is -0.951. The van der Waals surface area contributed by atoms with E-state index in [-0.39, 0.29) is 30.9 Å². The molecule has 1 unspecified atom stereocenters. The highest BCUT2D eigenvalue weighted by Crippen LogP contribution is 2.23. The molecule has 8 nitrogen and oxygen atoms in total. The molecule has 0 radical (unpaired) electrons. The van der Waals surface area contributed by atoms with Crippen LogP contribution in [-0.2, 0) is 13.1 Å². The molecule has 1 aliphatic rings. The second-order valence-corrected chi connectivity index (χ2v) is 6.51. The number of aliphatic hydroxyl groups is 1. The van der Waals surface area contributed by atoms with Gasteiger partial charge in [0.25, 0.3) is 11.8 Å². The lowest BCUT2D eigenvalue weighted by Gasteiger charge is -2.34. The Morgan fingerprint density at radius 2 is 1.96 bits per heavy atom. The highest BCUT2D eigenvalue weighted by molar-refractivity contribution is 5.99. The number of aliphatic hydroxyl groups excluding tert-OH is 1. The summed E-state index contributed by atoms with van der Waals surface area (Å²) in [6.07, 6.45) is 0.622. The predicted octanol–water partition coefficient (Wildman–Crippen LogP) is 0.807. The Labute approximate surface area is 159 Å². The molecule has 0 saturated heterocycles. The van der Waals surface area contributed by atoms with Crippen LogP contribution in [0.15, 0.2) is 35.3 Å². The van der Waals surface area contributed by atoms with Crippen LogP contribution in [0.5, 0.6) is 5.75 Å². The number of carbonyl (C=O) groups is 2. The molecule has 2 amide bonds. The fraction of sp³-hybridized carbons (Fsp3) is 0.316. The molecule has 9 heteroatoms. The second kappa shape index (κ2) is 7.81. The molecule has 28 heavy (non-hydrogen) atoms. The number of aromatic hydroxyl groups is 1. The van der Waals surface area contributed by atoms with Crippen LogP contribution < -0.4 is 10.7 Å². The third-order valence-electron chi connectivity index (χ3n) is 4.51. The van der Waals surface area contributed by atoms with Gasteiger partial charge in [0.1, 0.15) is 17.6 Å². The quantitative estimate of drug-likeness (QED) is 0.701. The maximum Gasteiger partial charge on any atom is 0.276 e. The molecule has 1 aliphatic heterocycles. The molecule has 2 heterocycles. The minimum Gasteiger partial charge on any atom is -0.503 e. The average molecular weight is 389 g/mol. The summed E-state index contributed by atoms with van der Waals surface area (Å²) < 4.78 is 14.1. The summed E-state index contributed by atoms with van der Waals surface area (Å²) in [4.78, 5) is 38.5. The summed E-state index contributed by atoms with van der Waals surface area (Å²) >= 11 is 0. The van der Waals surface area contributed by atoms with E-state index >= 15 is 0 Å². The molecule has 1 aromatic heterocycles. The number of aromatic nitrogens is 1. The van der Waals surface area contributed by atoms with Crippen molar-refractivity contribution in [1.29, 1.82) is 0 Å². The molecule has 148 valence electrons. The molecule has 0 saturated carbocycles. The third-order valence-corrected chi connectivity index (χ3v) is 4.51. The van der Waals surface area contributed by atoms with E-state index in [1.165, 1.54) is 33.7 Å². The van der Waals surface area contributed by atoms with Gasteiger partial charge >= 0.3 is 0 Å². The van der Waals surface area contributed by atoms with E-state index in [9.17, 15) is 29.0 Å². The van der Waals surface area contributed by atoms with Gasteiger partial charge in [-0.25, -0.2) is 4.39 Å². The zero-order valence-corrected chi connectivity index (χ0v) is 15.2. The standard InChI is InChI=1S/C19H20FN3O5/c1-2-7-23-14(24)10-22-9-13(16(25)17(26)15(22)19(23)28)18(27)21-8-11-3-5-12(20)6-4-11/h3-6,9,14,24,26H,2,7-8,10H2,1H3,(H,21,27). The predicted molar refractivity (Wildman–Crippen MR) is 97.3 cm³/mol. The zero-order chi connectivity index (χ0) is 20.4.